The lowest BCUT2D eigenvalue weighted by Gasteiger charge is -2.09. The lowest BCUT2D eigenvalue weighted by atomic mass is 10.1. The highest BCUT2D eigenvalue weighted by molar-refractivity contribution is 5.12. The maximum Gasteiger partial charge on any atom is 0.130 e. The Labute approximate surface area is 92.1 Å². The van der Waals surface area contributed by atoms with E-state index in [4.69, 9.17) is 5.73 Å². The van der Waals surface area contributed by atoms with Crippen LogP contribution in [0.1, 0.15) is 44.4 Å². The maximum absolute atomic E-state index is 5.91. The Kier molecular flexibility index (Phi) is 4.69. The molecule has 0 aliphatic rings. The van der Waals surface area contributed by atoms with Crippen LogP contribution in [0, 0.1) is 0 Å². The van der Waals surface area contributed by atoms with Gasteiger partial charge < -0.3 is 5.73 Å². The highest BCUT2D eigenvalue weighted by atomic mass is 14.9. The molecule has 0 spiro atoms. The van der Waals surface area contributed by atoms with Gasteiger partial charge in [0, 0.05) is 23.9 Å². The third kappa shape index (κ3) is 3.59. The minimum Gasteiger partial charge on any atom is -0.327 e. The van der Waals surface area contributed by atoms with Gasteiger partial charge in [0.05, 0.1) is 0 Å². The summed E-state index contributed by atoms with van der Waals surface area (Å²) in [7, 11) is 0. The molecule has 1 heterocycles. The Morgan fingerprint density at radius 2 is 1.67 bits per heavy atom. The van der Waals surface area contributed by atoms with Crippen molar-refractivity contribution >= 4 is 0 Å². The van der Waals surface area contributed by atoms with Crippen LogP contribution in [0.5, 0.6) is 0 Å². The van der Waals surface area contributed by atoms with Gasteiger partial charge in [-0.15, -0.1) is 0 Å². The molecule has 0 fully saturated rings. The van der Waals surface area contributed by atoms with E-state index in [0.29, 0.717) is 0 Å². The van der Waals surface area contributed by atoms with Crippen molar-refractivity contribution in [2.24, 2.45) is 5.73 Å². The standard InChI is InChI=1S/C12H21N3/c1-4-9(13)7-12-14-10(5-2)8-11(6-3)15-12/h8-9H,4-7,13H2,1-3H3. The number of rotatable bonds is 5. The quantitative estimate of drug-likeness (QED) is 0.802. The molecule has 1 unspecified atom stereocenters. The fraction of sp³-hybridized carbons (Fsp3) is 0.667. The minimum atomic E-state index is 0.182. The topological polar surface area (TPSA) is 51.8 Å². The first-order chi connectivity index (χ1) is 7.19. The molecule has 0 saturated heterocycles. The van der Waals surface area contributed by atoms with Gasteiger partial charge in [-0.05, 0) is 25.3 Å². The molecule has 3 nitrogen and oxygen atoms in total. The summed E-state index contributed by atoms with van der Waals surface area (Å²) in [6.07, 6.45) is 3.69. The van der Waals surface area contributed by atoms with E-state index >= 15 is 0 Å². The third-order valence-corrected chi connectivity index (χ3v) is 2.57. The summed E-state index contributed by atoms with van der Waals surface area (Å²) in [6.45, 7) is 6.33. The highest BCUT2D eigenvalue weighted by Crippen LogP contribution is 2.06. The van der Waals surface area contributed by atoms with Crippen LogP contribution in [0.2, 0.25) is 0 Å². The summed E-state index contributed by atoms with van der Waals surface area (Å²) < 4.78 is 0. The maximum atomic E-state index is 5.91. The SMILES string of the molecule is CCc1cc(CC)nc(CC(N)CC)n1. The largest absolute Gasteiger partial charge is 0.327 e. The first-order valence-corrected chi connectivity index (χ1v) is 5.80. The number of hydrogen-bond acceptors (Lipinski definition) is 3. The first-order valence-electron chi connectivity index (χ1n) is 5.80. The van der Waals surface area contributed by atoms with Gasteiger partial charge in [-0.2, -0.15) is 0 Å². The zero-order chi connectivity index (χ0) is 11.3. The molecule has 1 aromatic heterocycles. The monoisotopic (exact) mass is 207 g/mol. The van der Waals surface area contributed by atoms with Gasteiger partial charge in [0.15, 0.2) is 0 Å². The van der Waals surface area contributed by atoms with E-state index < -0.39 is 0 Å². The first kappa shape index (κ1) is 12.1. The minimum absolute atomic E-state index is 0.182. The average Bonchev–Trinajstić information content (AvgIpc) is 2.28. The summed E-state index contributed by atoms with van der Waals surface area (Å²) in [5.74, 6) is 0.903. The van der Waals surface area contributed by atoms with Gasteiger partial charge in [-0.25, -0.2) is 9.97 Å². The van der Waals surface area contributed by atoms with Crippen LogP contribution in [0.4, 0.5) is 0 Å². The molecule has 0 radical (unpaired) electrons. The van der Waals surface area contributed by atoms with Crippen LogP contribution in [-0.4, -0.2) is 16.0 Å². The van der Waals surface area contributed by atoms with Crippen LogP contribution >= 0.6 is 0 Å². The highest BCUT2D eigenvalue weighted by Gasteiger charge is 2.06. The summed E-state index contributed by atoms with van der Waals surface area (Å²) in [5, 5.41) is 0. The van der Waals surface area contributed by atoms with Gasteiger partial charge in [0.2, 0.25) is 0 Å². The van der Waals surface area contributed by atoms with Crippen LogP contribution in [-0.2, 0) is 19.3 Å². The number of aromatic nitrogens is 2. The molecule has 0 aromatic carbocycles. The summed E-state index contributed by atoms with van der Waals surface area (Å²) >= 11 is 0. The van der Waals surface area contributed by atoms with Gasteiger partial charge >= 0.3 is 0 Å². The Balaban J connectivity index is 2.86. The molecule has 0 aliphatic carbocycles. The van der Waals surface area contributed by atoms with Gasteiger partial charge in [-0.1, -0.05) is 20.8 Å². The van der Waals surface area contributed by atoms with Crippen LogP contribution in [0.3, 0.4) is 0 Å². The predicted octanol–water partition coefficient (Wildman–Crippen LogP) is 1.88. The van der Waals surface area contributed by atoms with E-state index in [1.165, 1.54) is 0 Å². The second kappa shape index (κ2) is 5.81. The molecule has 15 heavy (non-hydrogen) atoms. The molecule has 84 valence electrons. The fourth-order valence-corrected chi connectivity index (χ4v) is 1.45. The lowest BCUT2D eigenvalue weighted by Crippen LogP contribution is -2.23. The summed E-state index contributed by atoms with van der Waals surface area (Å²) in [5.41, 5.74) is 8.16. The van der Waals surface area contributed by atoms with Crippen molar-refractivity contribution in [3.05, 3.63) is 23.3 Å². The molecule has 0 aliphatic heterocycles. The smallest absolute Gasteiger partial charge is 0.130 e. The Morgan fingerprint density at radius 1 is 1.13 bits per heavy atom. The predicted molar refractivity (Wildman–Crippen MR) is 62.8 cm³/mol. The number of nitrogens with zero attached hydrogens (tertiary/aromatic N) is 2. The lowest BCUT2D eigenvalue weighted by molar-refractivity contribution is 0.619. The van der Waals surface area contributed by atoms with Crippen molar-refractivity contribution in [2.75, 3.05) is 0 Å². The van der Waals surface area contributed by atoms with Crippen molar-refractivity contribution in [1.82, 2.24) is 9.97 Å². The van der Waals surface area contributed by atoms with E-state index in [1.807, 2.05) is 0 Å². The van der Waals surface area contributed by atoms with Crippen molar-refractivity contribution in [3.63, 3.8) is 0 Å². The van der Waals surface area contributed by atoms with Crippen molar-refractivity contribution in [3.8, 4) is 0 Å². The average molecular weight is 207 g/mol. The molecule has 0 amide bonds. The van der Waals surface area contributed by atoms with E-state index in [1.54, 1.807) is 0 Å². The number of hydrogen-bond donors (Lipinski definition) is 1. The molecular formula is C12H21N3. The molecule has 1 aromatic rings. The zero-order valence-corrected chi connectivity index (χ0v) is 9.95. The molecule has 0 saturated carbocycles. The number of nitrogens with two attached hydrogens (primary N) is 1. The van der Waals surface area contributed by atoms with Crippen molar-refractivity contribution < 1.29 is 0 Å². The van der Waals surface area contributed by atoms with Crippen LogP contribution in [0.25, 0.3) is 0 Å². The second-order valence-corrected chi connectivity index (χ2v) is 3.85. The summed E-state index contributed by atoms with van der Waals surface area (Å²) in [6, 6.07) is 2.27. The van der Waals surface area contributed by atoms with Gasteiger partial charge in [0.1, 0.15) is 5.82 Å². The van der Waals surface area contributed by atoms with Gasteiger partial charge in [-0.3, -0.25) is 0 Å². The molecule has 1 atom stereocenters. The Morgan fingerprint density at radius 3 is 2.07 bits per heavy atom. The third-order valence-electron chi connectivity index (χ3n) is 2.57. The van der Waals surface area contributed by atoms with E-state index in [2.05, 4.69) is 36.8 Å². The van der Waals surface area contributed by atoms with E-state index in [9.17, 15) is 0 Å². The van der Waals surface area contributed by atoms with Crippen molar-refractivity contribution in [1.29, 1.82) is 0 Å². The Hall–Kier alpha value is -0.960. The summed E-state index contributed by atoms with van der Waals surface area (Å²) in [4.78, 5) is 8.99. The molecule has 2 N–H and O–H groups in total. The fourth-order valence-electron chi connectivity index (χ4n) is 1.45. The molecule has 3 heteroatoms. The van der Waals surface area contributed by atoms with E-state index in [-0.39, 0.29) is 6.04 Å². The van der Waals surface area contributed by atoms with Crippen molar-refractivity contribution in [2.45, 2.75) is 52.5 Å². The van der Waals surface area contributed by atoms with Crippen LogP contribution in [0.15, 0.2) is 6.07 Å². The Bertz CT molecular complexity index is 287. The zero-order valence-electron chi connectivity index (χ0n) is 9.95. The normalized spacial score (nSPS) is 12.8. The van der Waals surface area contributed by atoms with E-state index in [0.717, 1.165) is 42.9 Å². The molecule has 1 rings (SSSR count). The van der Waals surface area contributed by atoms with Gasteiger partial charge in [0.25, 0.3) is 0 Å². The number of aryl methyl sites for hydroxylation is 2. The molecule has 0 bridgehead atoms. The van der Waals surface area contributed by atoms with Crippen LogP contribution < -0.4 is 5.73 Å². The second-order valence-electron chi connectivity index (χ2n) is 3.85. The molecular weight excluding hydrogens is 186 g/mol.